The van der Waals surface area contributed by atoms with E-state index in [2.05, 4.69) is 5.32 Å². The van der Waals surface area contributed by atoms with Crippen molar-refractivity contribution in [2.75, 3.05) is 20.2 Å². The fourth-order valence-electron chi connectivity index (χ4n) is 2.58. The van der Waals surface area contributed by atoms with E-state index in [1.807, 2.05) is 36.1 Å². The first-order valence-corrected chi connectivity index (χ1v) is 7.39. The molecule has 1 aliphatic heterocycles. The van der Waals surface area contributed by atoms with Gasteiger partial charge in [0, 0.05) is 13.1 Å². The second kappa shape index (κ2) is 7.29. The third-order valence-electron chi connectivity index (χ3n) is 3.83. The number of ether oxygens (including phenoxy) is 1. The van der Waals surface area contributed by atoms with Crippen LogP contribution in [0.2, 0.25) is 0 Å². The third-order valence-corrected chi connectivity index (χ3v) is 3.83. The van der Waals surface area contributed by atoms with Gasteiger partial charge in [-0.2, -0.15) is 0 Å². The van der Waals surface area contributed by atoms with E-state index in [-0.39, 0.29) is 11.9 Å². The van der Waals surface area contributed by atoms with E-state index in [4.69, 9.17) is 4.74 Å². The van der Waals surface area contributed by atoms with Gasteiger partial charge in [0.1, 0.15) is 5.75 Å². The van der Waals surface area contributed by atoms with Crippen LogP contribution in [0.1, 0.15) is 31.7 Å². The van der Waals surface area contributed by atoms with Crippen LogP contribution >= 0.6 is 0 Å². The molecule has 1 aromatic carbocycles. The molecule has 0 radical (unpaired) electrons. The normalized spacial score (nSPS) is 18.6. The molecular formula is C16H24N2O2. The van der Waals surface area contributed by atoms with E-state index in [1.165, 1.54) is 6.42 Å². The summed E-state index contributed by atoms with van der Waals surface area (Å²) < 4.78 is 5.15. The number of likely N-dealkylation sites (N-methyl/N-ethyl adjacent to an activating group) is 1. The molecule has 1 amide bonds. The van der Waals surface area contributed by atoms with Crippen LogP contribution < -0.4 is 10.1 Å². The van der Waals surface area contributed by atoms with Gasteiger partial charge in [0.25, 0.3) is 0 Å². The molecule has 1 saturated heterocycles. The Labute approximate surface area is 121 Å². The molecule has 1 atom stereocenters. The number of carbonyl (C=O) groups is 1. The Morgan fingerprint density at radius 2 is 2.10 bits per heavy atom. The standard InChI is InChI=1S/C16H24N2O2/c1-3-18(16(19)15-6-4-5-11-17-15)12-13-7-9-14(20-2)10-8-13/h7-10,15,17H,3-6,11-12H2,1-2H3/t15-/m1/s1. The van der Waals surface area contributed by atoms with E-state index < -0.39 is 0 Å². The Morgan fingerprint density at radius 1 is 1.35 bits per heavy atom. The Morgan fingerprint density at radius 3 is 2.65 bits per heavy atom. The van der Waals surface area contributed by atoms with Gasteiger partial charge < -0.3 is 15.0 Å². The molecule has 110 valence electrons. The maximum absolute atomic E-state index is 12.5. The van der Waals surface area contributed by atoms with Gasteiger partial charge in [0.15, 0.2) is 0 Å². The molecule has 0 aliphatic carbocycles. The number of piperidine rings is 1. The van der Waals surface area contributed by atoms with Crippen molar-refractivity contribution in [3.63, 3.8) is 0 Å². The first kappa shape index (κ1) is 14.9. The molecule has 4 heteroatoms. The van der Waals surface area contributed by atoms with Crippen molar-refractivity contribution in [1.29, 1.82) is 0 Å². The molecule has 1 fully saturated rings. The monoisotopic (exact) mass is 276 g/mol. The van der Waals surface area contributed by atoms with Gasteiger partial charge in [0.2, 0.25) is 5.91 Å². The van der Waals surface area contributed by atoms with Crippen LogP contribution in [0, 0.1) is 0 Å². The average molecular weight is 276 g/mol. The molecule has 0 spiro atoms. The topological polar surface area (TPSA) is 41.6 Å². The van der Waals surface area contributed by atoms with Gasteiger partial charge >= 0.3 is 0 Å². The molecule has 0 unspecified atom stereocenters. The molecule has 20 heavy (non-hydrogen) atoms. The smallest absolute Gasteiger partial charge is 0.239 e. The second-order valence-electron chi connectivity index (χ2n) is 5.20. The number of hydrogen-bond donors (Lipinski definition) is 1. The molecule has 0 saturated carbocycles. The van der Waals surface area contributed by atoms with Crippen LogP contribution in [0.5, 0.6) is 5.75 Å². The van der Waals surface area contributed by atoms with Crippen LogP contribution in [0.25, 0.3) is 0 Å². The van der Waals surface area contributed by atoms with Crippen LogP contribution in [-0.4, -0.2) is 37.0 Å². The Balaban J connectivity index is 1.97. The minimum Gasteiger partial charge on any atom is -0.497 e. The quantitative estimate of drug-likeness (QED) is 0.896. The predicted molar refractivity (Wildman–Crippen MR) is 79.7 cm³/mol. The highest BCUT2D eigenvalue weighted by molar-refractivity contribution is 5.82. The summed E-state index contributed by atoms with van der Waals surface area (Å²) in [5, 5.41) is 3.33. The summed E-state index contributed by atoms with van der Waals surface area (Å²) in [5.41, 5.74) is 1.14. The van der Waals surface area contributed by atoms with Crippen molar-refractivity contribution in [2.45, 2.75) is 38.8 Å². The number of carbonyl (C=O) groups excluding carboxylic acids is 1. The Bertz CT molecular complexity index is 425. The third kappa shape index (κ3) is 3.73. The molecule has 1 aromatic rings. The minimum absolute atomic E-state index is 0.00180. The zero-order chi connectivity index (χ0) is 14.4. The lowest BCUT2D eigenvalue weighted by Gasteiger charge is -2.29. The van der Waals surface area contributed by atoms with Crippen molar-refractivity contribution in [2.24, 2.45) is 0 Å². The first-order valence-electron chi connectivity index (χ1n) is 7.39. The molecular weight excluding hydrogens is 252 g/mol. The highest BCUT2D eigenvalue weighted by Crippen LogP contribution is 2.15. The highest BCUT2D eigenvalue weighted by Gasteiger charge is 2.24. The van der Waals surface area contributed by atoms with E-state index in [0.29, 0.717) is 6.54 Å². The van der Waals surface area contributed by atoms with Crippen molar-refractivity contribution in [1.82, 2.24) is 10.2 Å². The fraction of sp³-hybridized carbons (Fsp3) is 0.562. The molecule has 4 nitrogen and oxygen atoms in total. The summed E-state index contributed by atoms with van der Waals surface area (Å²) >= 11 is 0. The minimum atomic E-state index is 0.00180. The Kier molecular flexibility index (Phi) is 5.41. The number of methoxy groups -OCH3 is 1. The maximum atomic E-state index is 12.5. The molecule has 0 aromatic heterocycles. The summed E-state index contributed by atoms with van der Waals surface area (Å²) in [7, 11) is 1.66. The SMILES string of the molecule is CCN(Cc1ccc(OC)cc1)C(=O)[C@H]1CCCCN1. The van der Waals surface area contributed by atoms with Gasteiger partial charge in [-0.3, -0.25) is 4.79 Å². The molecule has 0 bridgehead atoms. The number of amides is 1. The van der Waals surface area contributed by atoms with Crippen molar-refractivity contribution < 1.29 is 9.53 Å². The highest BCUT2D eigenvalue weighted by atomic mass is 16.5. The molecule has 1 heterocycles. The first-order chi connectivity index (χ1) is 9.74. The van der Waals surface area contributed by atoms with Crippen molar-refractivity contribution in [3.8, 4) is 5.75 Å². The Hall–Kier alpha value is -1.55. The number of benzene rings is 1. The maximum Gasteiger partial charge on any atom is 0.239 e. The van der Waals surface area contributed by atoms with E-state index in [9.17, 15) is 4.79 Å². The van der Waals surface area contributed by atoms with Gasteiger partial charge in [-0.15, -0.1) is 0 Å². The number of rotatable bonds is 5. The van der Waals surface area contributed by atoms with Gasteiger partial charge in [-0.05, 0) is 44.0 Å². The lowest BCUT2D eigenvalue weighted by atomic mass is 10.0. The van der Waals surface area contributed by atoms with Gasteiger partial charge in [-0.1, -0.05) is 18.6 Å². The summed E-state index contributed by atoms with van der Waals surface area (Å²) in [5.74, 6) is 1.07. The van der Waals surface area contributed by atoms with E-state index in [1.54, 1.807) is 7.11 Å². The molecule has 1 N–H and O–H groups in total. The van der Waals surface area contributed by atoms with Crippen molar-refractivity contribution >= 4 is 5.91 Å². The number of nitrogens with zero attached hydrogens (tertiary/aromatic N) is 1. The number of nitrogens with one attached hydrogen (secondary N) is 1. The van der Waals surface area contributed by atoms with Gasteiger partial charge in [-0.25, -0.2) is 0 Å². The van der Waals surface area contributed by atoms with Gasteiger partial charge in [0.05, 0.1) is 13.2 Å². The van der Waals surface area contributed by atoms with Crippen LogP contribution in [0.15, 0.2) is 24.3 Å². The van der Waals surface area contributed by atoms with Crippen LogP contribution in [0.4, 0.5) is 0 Å². The summed E-state index contributed by atoms with van der Waals surface area (Å²) in [6.07, 6.45) is 3.27. The fourth-order valence-corrected chi connectivity index (χ4v) is 2.58. The summed E-state index contributed by atoms with van der Waals surface area (Å²) in [4.78, 5) is 14.4. The summed E-state index contributed by atoms with van der Waals surface area (Å²) in [6, 6.07) is 7.91. The zero-order valence-electron chi connectivity index (χ0n) is 12.4. The molecule has 1 aliphatic rings. The van der Waals surface area contributed by atoms with Crippen LogP contribution in [-0.2, 0) is 11.3 Å². The second-order valence-corrected chi connectivity index (χ2v) is 5.20. The van der Waals surface area contributed by atoms with Crippen LogP contribution in [0.3, 0.4) is 0 Å². The van der Waals surface area contributed by atoms with E-state index >= 15 is 0 Å². The summed E-state index contributed by atoms with van der Waals surface area (Å²) in [6.45, 7) is 4.39. The van der Waals surface area contributed by atoms with E-state index in [0.717, 1.165) is 37.2 Å². The predicted octanol–water partition coefficient (Wildman–Crippen LogP) is 2.19. The molecule has 2 rings (SSSR count). The lowest BCUT2D eigenvalue weighted by molar-refractivity contribution is -0.134. The zero-order valence-corrected chi connectivity index (χ0v) is 12.4. The average Bonchev–Trinajstić information content (AvgIpc) is 2.53. The number of hydrogen-bond acceptors (Lipinski definition) is 3. The lowest BCUT2D eigenvalue weighted by Crippen LogP contribution is -2.48. The largest absolute Gasteiger partial charge is 0.497 e. The van der Waals surface area contributed by atoms with Crippen molar-refractivity contribution in [3.05, 3.63) is 29.8 Å².